The molecule has 0 unspecified atom stereocenters. The summed E-state index contributed by atoms with van der Waals surface area (Å²) in [5.74, 6) is 0.735. The number of primary amides is 1. The molecule has 0 saturated heterocycles. The van der Waals surface area contributed by atoms with Gasteiger partial charge in [-0.05, 0) is 25.3 Å². The van der Waals surface area contributed by atoms with Crippen molar-refractivity contribution in [1.82, 2.24) is 0 Å². The fourth-order valence-electron chi connectivity index (χ4n) is 1.03. The molecule has 1 rings (SSSR count). The molecule has 0 radical (unpaired) electrons. The molecular formula is C7H11NO2. The molecule has 2 N–H and O–H groups in total. The van der Waals surface area contributed by atoms with Gasteiger partial charge in [-0.15, -0.1) is 0 Å². The fraction of sp³-hybridized carbons (Fsp3) is 0.571. The van der Waals surface area contributed by atoms with E-state index in [1.54, 1.807) is 0 Å². The Bertz CT molecular complexity index is 163. The molecule has 0 heterocycles. The van der Waals surface area contributed by atoms with Crippen molar-refractivity contribution in [3.8, 4) is 0 Å². The number of carbonyl (C=O) groups is 1. The molecule has 1 aliphatic rings. The first-order chi connectivity index (χ1) is 4.79. The van der Waals surface area contributed by atoms with Crippen LogP contribution in [-0.2, 0) is 4.74 Å². The van der Waals surface area contributed by atoms with Crippen LogP contribution in [0, 0.1) is 0 Å². The maximum Gasteiger partial charge on any atom is 0.409 e. The summed E-state index contributed by atoms with van der Waals surface area (Å²) < 4.78 is 4.69. The average Bonchev–Trinajstić information content (AvgIpc) is 1.88. The van der Waals surface area contributed by atoms with Crippen LogP contribution in [0.1, 0.15) is 25.7 Å². The van der Waals surface area contributed by atoms with E-state index in [4.69, 9.17) is 10.5 Å². The molecule has 0 aromatic carbocycles. The minimum Gasteiger partial charge on any atom is -0.415 e. The number of hydrogen-bond acceptors (Lipinski definition) is 2. The SMILES string of the molecule is NC(=O)OC1=CCCCC1. The van der Waals surface area contributed by atoms with Crippen LogP contribution in [-0.4, -0.2) is 6.09 Å². The van der Waals surface area contributed by atoms with Crippen molar-refractivity contribution in [1.29, 1.82) is 0 Å². The molecule has 0 saturated carbocycles. The summed E-state index contributed by atoms with van der Waals surface area (Å²) in [7, 11) is 0. The summed E-state index contributed by atoms with van der Waals surface area (Å²) in [5, 5.41) is 0. The standard InChI is InChI=1S/C7H11NO2/c8-7(9)10-6-4-2-1-3-5-6/h4H,1-3,5H2,(H2,8,9). The number of rotatable bonds is 1. The first-order valence-corrected chi connectivity index (χ1v) is 3.45. The number of carbonyl (C=O) groups excluding carboxylic acids is 1. The van der Waals surface area contributed by atoms with Crippen LogP contribution in [0.25, 0.3) is 0 Å². The van der Waals surface area contributed by atoms with Crippen molar-refractivity contribution in [3.05, 3.63) is 11.8 Å². The second-order valence-corrected chi connectivity index (χ2v) is 2.34. The third-order valence-electron chi connectivity index (χ3n) is 1.48. The van der Waals surface area contributed by atoms with Crippen molar-refractivity contribution in [2.24, 2.45) is 5.73 Å². The van der Waals surface area contributed by atoms with Gasteiger partial charge < -0.3 is 10.5 Å². The Morgan fingerprint density at radius 2 is 2.40 bits per heavy atom. The highest BCUT2D eigenvalue weighted by Crippen LogP contribution is 2.17. The predicted octanol–water partition coefficient (Wildman–Crippen LogP) is 1.54. The fourth-order valence-corrected chi connectivity index (χ4v) is 1.03. The molecule has 0 spiro atoms. The van der Waals surface area contributed by atoms with Gasteiger partial charge in [0.25, 0.3) is 0 Å². The van der Waals surface area contributed by atoms with Gasteiger partial charge in [0.15, 0.2) is 0 Å². The molecular weight excluding hydrogens is 130 g/mol. The van der Waals surface area contributed by atoms with Crippen molar-refractivity contribution < 1.29 is 9.53 Å². The summed E-state index contributed by atoms with van der Waals surface area (Å²) in [6, 6.07) is 0. The Balaban J connectivity index is 2.38. The summed E-state index contributed by atoms with van der Waals surface area (Å²) in [6.07, 6.45) is 5.36. The maximum atomic E-state index is 10.2. The second-order valence-electron chi connectivity index (χ2n) is 2.34. The van der Waals surface area contributed by atoms with Crippen molar-refractivity contribution in [2.75, 3.05) is 0 Å². The molecule has 0 aromatic rings. The van der Waals surface area contributed by atoms with Gasteiger partial charge in [-0.2, -0.15) is 0 Å². The van der Waals surface area contributed by atoms with E-state index in [1.807, 2.05) is 6.08 Å². The zero-order valence-corrected chi connectivity index (χ0v) is 5.80. The quantitative estimate of drug-likeness (QED) is 0.602. The van der Waals surface area contributed by atoms with Crippen LogP contribution in [0.5, 0.6) is 0 Å². The summed E-state index contributed by atoms with van der Waals surface area (Å²) >= 11 is 0. The van der Waals surface area contributed by atoms with Crippen molar-refractivity contribution >= 4 is 6.09 Å². The molecule has 0 atom stereocenters. The predicted molar refractivity (Wildman–Crippen MR) is 37.2 cm³/mol. The first-order valence-electron chi connectivity index (χ1n) is 3.45. The van der Waals surface area contributed by atoms with Gasteiger partial charge in [0.05, 0.1) is 0 Å². The van der Waals surface area contributed by atoms with E-state index in [-0.39, 0.29) is 0 Å². The minimum atomic E-state index is -0.701. The third kappa shape index (κ3) is 2.09. The van der Waals surface area contributed by atoms with Crippen LogP contribution < -0.4 is 5.73 Å². The van der Waals surface area contributed by atoms with Crippen LogP contribution in [0.2, 0.25) is 0 Å². The Labute approximate surface area is 59.8 Å². The van der Waals surface area contributed by atoms with Gasteiger partial charge in [-0.3, -0.25) is 0 Å². The maximum absolute atomic E-state index is 10.2. The van der Waals surface area contributed by atoms with Gasteiger partial charge in [-0.25, -0.2) is 4.79 Å². The zero-order valence-electron chi connectivity index (χ0n) is 5.80. The number of hydrogen-bond donors (Lipinski definition) is 1. The smallest absolute Gasteiger partial charge is 0.409 e. The zero-order chi connectivity index (χ0) is 7.40. The Hall–Kier alpha value is -0.990. The van der Waals surface area contributed by atoms with E-state index in [0.29, 0.717) is 0 Å². The lowest BCUT2D eigenvalue weighted by molar-refractivity contribution is 0.181. The average molecular weight is 141 g/mol. The largest absolute Gasteiger partial charge is 0.415 e. The number of nitrogens with two attached hydrogens (primary N) is 1. The van der Waals surface area contributed by atoms with Gasteiger partial charge in [0.1, 0.15) is 5.76 Å². The lowest BCUT2D eigenvalue weighted by atomic mass is 10.1. The van der Waals surface area contributed by atoms with Gasteiger partial charge in [0.2, 0.25) is 0 Å². The molecule has 1 amide bonds. The van der Waals surface area contributed by atoms with Crippen molar-refractivity contribution in [2.45, 2.75) is 25.7 Å². The van der Waals surface area contributed by atoms with Crippen LogP contribution in [0.3, 0.4) is 0 Å². The summed E-state index contributed by atoms with van der Waals surface area (Å²) in [4.78, 5) is 10.2. The topological polar surface area (TPSA) is 52.3 Å². The monoisotopic (exact) mass is 141 g/mol. The summed E-state index contributed by atoms with van der Waals surface area (Å²) in [5.41, 5.74) is 4.82. The Morgan fingerprint density at radius 3 is 2.90 bits per heavy atom. The van der Waals surface area contributed by atoms with Crippen molar-refractivity contribution in [3.63, 3.8) is 0 Å². The molecule has 0 aliphatic heterocycles. The van der Waals surface area contributed by atoms with Crippen LogP contribution in [0.4, 0.5) is 4.79 Å². The molecule has 0 aromatic heterocycles. The van der Waals surface area contributed by atoms with E-state index < -0.39 is 6.09 Å². The van der Waals surface area contributed by atoms with Gasteiger partial charge >= 0.3 is 6.09 Å². The van der Waals surface area contributed by atoms with Crippen LogP contribution in [0.15, 0.2) is 11.8 Å². The van der Waals surface area contributed by atoms with Gasteiger partial charge in [-0.1, -0.05) is 0 Å². The Morgan fingerprint density at radius 1 is 1.60 bits per heavy atom. The molecule has 56 valence electrons. The first kappa shape index (κ1) is 7.12. The number of amides is 1. The molecule has 1 aliphatic carbocycles. The highest BCUT2D eigenvalue weighted by Gasteiger charge is 2.05. The van der Waals surface area contributed by atoms with E-state index in [1.165, 1.54) is 6.42 Å². The minimum absolute atomic E-state index is 0.701. The lowest BCUT2D eigenvalue weighted by Gasteiger charge is -2.10. The molecule has 3 heteroatoms. The van der Waals surface area contributed by atoms with E-state index in [0.717, 1.165) is 25.0 Å². The van der Waals surface area contributed by atoms with E-state index in [9.17, 15) is 4.79 Å². The Kier molecular flexibility index (Phi) is 2.31. The highest BCUT2D eigenvalue weighted by molar-refractivity contribution is 5.65. The molecule has 3 nitrogen and oxygen atoms in total. The highest BCUT2D eigenvalue weighted by atomic mass is 16.5. The molecule has 0 fully saturated rings. The second kappa shape index (κ2) is 3.25. The van der Waals surface area contributed by atoms with Crippen LogP contribution >= 0.6 is 0 Å². The van der Waals surface area contributed by atoms with Gasteiger partial charge in [0, 0.05) is 6.42 Å². The third-order valence-corrected chi connectivity index (χ3v) is 1.48. The molecule has 0 bridgehead atoms. The molecule has 10 heavy (non-hydrogen) atoms. The van der Waals surface area contributed by atoms with E-state index >= 15 is 0 Å². The number of allylic oxidation sites excluding steroid dienone is 2. The summed E-state index contributed by atoms with van der Waals surface area (Å²) in [6.45, 7) is 0. The number of ether oxygens (including phenoxy) is 1. The normalized spacial score (nSPS) is 17.8. The van der Waals surface area contributed by atoms with E-state index in [2.05, 4.69) is 0 Å². The lowest BCUT2D eigenvalue weighted by Crippen LogP contribution is -2.13.